The van der Waals surface area contributed by atoms with Crippen LogP contribution in [-0.2, 0) is 20.4 Å². The van der Waals surface area contributed by atoms with E-state index in [1.807, 2.05) is 6.07 Å². The van der Waals surface area contributed by atoms with E-state index in [1.165, 1.54) is 38.3 Å². The van der Waals surface area contributed by atoms with Crippen molar-refractivity contribution in [1.29, 1.82) is 0 Å². The average molecular weight is 382 g/mol. The molecular formula is C18H20ClNO4S. The van der Waals surface area contributed by atoms with Crippen molar-refractivity contribution in [3.63, 3.8) is 0 Å². The number of benzene rings is 2. The molecule has 2 aromatic rings. The van der Waals surface area contributed by atoms with Gasteiger partial charge in [0, 0.05) is 24.2 Å². The predicted molar refractivity (Wildman–Crippen MR) is 97.4 cm³/mol. The van der Waals surface area contributed by atoms with Crippen molar-refractivity contribution >= 4 is 27.4 Å². The molecule has 0 aliphatic heterocycles. The summed E-state index contributed by atoms with van der Waals surface area (Å²) in [7, 11) is -2.23. The van der Waals surface area contributed by atoms with Crippen LogP contribution in [0.2, 0.25) is 5.02 Å². The number of sulfonamides is 1. The largest absolute Gasteiger partial charge is 0.372 e. The van der Waals surface area contributed by atoms with Crippen molar-refractivity contribution in [3.8, 4) is 0 Å². The minimum absolute atomic E-state index is 0.0284. The molecule has 5 nitrogen and oxygen atoms in total. The summed E-state index contributed by atoms with van der Waals surface area (Å²) in [5, 5.41) is 0.545. The quantitative estimate of drug-likeness (QED) is 0.746. The highest BCUT2D eigenvalue weighted by molar-refractivity contribution is 7.89. The van der Waals surface area contributed by atoms with Gasteiger partial charge < -0.3 is 4.74 Å². The Bertz CT molecular complexity index is 865. The molecule has 0 heterocycles. The van der Waals surface area contributed by atoms with E-state index in [-0.39, 0.29) is 17.2 Å². The van der Waals surface area contributed by atoms with E-state index in [0.29, 0.717) is 10.6 Å². The van der Waals surface area contributed by atoms with Gasteiger partial charge in [0.1, 0.15) is 5.60 Å². The Labute approximate surface area is 153 Å². The summed E-state index contributed by atoms with van der Waals surface area (Å²) >= 11 is 6.01. The molecule has 2 rings (SSSR count). The second-order valence-electron chi connectivity index (χ2n) is 5.85. The molecule has 0 bridgehead atoms. The molecule has 1 unspecified atom stereocenters. The molecule has 2 aromatic carbocycles. The molecule has 1 atom stereocenters. The zero-order chi connectivity index (χ0) is 18.7. The van der Waals surface area contributed by atoms with Gasteiger partial charge >= 0.3 is 0 Å². The molecule has 0 saturated carbocycles. The van der Waals surface area contributed by atoms with E-state index in [0.717, 1.165) is 5.56 Å². The number of ether oxygens (including phenoxy) is 1. The lowest BCUT2D eigenvalue weighted by Crippen LogP contribution is -2.40. The fraction of sp³-hybridized carbons (Fsp3) is 0.278. The van der Waals surface area contributed by atoms with Crippen LogP contribution < -0.4 is 4.72 Å². The number of rotatable bonds is 7. The number of hydrogen-bond donors (Lipinski definition) is 1. The molecule has 0 aliphatic rings. The average Bonchev–Trinajstić information content (AvgIpc) is 2.60. The highest BCUT2D eigenvalue weighted by atomic mass is 35.5. The Kier molecular flexibility index (Phi) is 6.00. The zero-order valence-electron chi connectivity index (χ0n) is 14.2. The third-order valence-corrected chi connectivity index (χ3v) is 5.71. The Morgan fingerprint density at radius 3 is 2.36 bits per heavy atom. The van der Waals surface area contributed by atoms with Crippen molar-refractivity contribution < 1.29 is 17.9 Å². The number of hydrogen-bond acceptors (Lipinski definition) is 4. The summed E-state index contributed by atoms with van der Waals surface area (Å²) in [6.07, 6.45) is 0. The lowest BCUT2D eigenvalue weighted by Gasteiger charge is -2.29. The monoisotopic (exact) mass is 381 g/mol. The maximum atomic E-state index is 12.5. The Morgan fingerprint density at radius 1 is 1.20 bits per heavy atom. The third kappa shape index (κ3) is 4.67. The number of nitrogens with one attached hydrogen (secondary N) is 1. The van der Waals surface area contributed by atoms with E-state index in [4.69, 9.17) is 16.3 Å². The van der Waals surface area contributed by atoms with Gasteiger partial charge in [-0.3, -0.25) is 4.79 Å². The Morgan fingerprint density at radius 2 is 1.84 bits per heavy atom. The Balaban J connectivity index is 2.20. The van der Waals surface area contributed by atoms with E-state index < -0.39 is 15.6 Å². The third-order valence-electron chi connectivity index (χ3n) is 4.06. The zero-order valence-corrected chi connectivity index (χ0v) is 15.8. The van der Waals surface area contributed by atoms with Crippen molar-refractivity contribution in [2.24, 2.45) is 0 Å². The van der Waals surface area contributed by atoms with Gasteiger partial charge in [-0.1, -0.05) is 35.9 Å². The lowest BCUT2D eigenvalue weighted by atomic mass is 9.96. The maximum Gasteiger partial charge on any atom is 0.240 e. The van der Waals surface area contributed by atoms with Crippen LogP contribution in [0, 0.1) is 0 Å². The van der Waals surface area contributed by atoms with Crippen LogP contribution in [-0.4, -0.2) is 27.9 Å². The van der Waals surface area contributed by atoms with Crippen LogP contribution >= 0.6 is 11.6 Å². The van der Waals surface area contributed by atoms with E-state index in [2.05, 4.69) is 4.72 Å². The molecule has 0 fully saturated rings. The van der Waals surface area contributed by atoms with Gasteiger partial charge in [-0.05, 0) is 43.7 Å². The number of ketones is 1. The number of halogens is 1. The minimum atomic E-state index is -3.74. The van der Waals surface area contributed by atoms with Crippen LogP contribution in [0.4, 0.5) is 0 Å². The fourth-order valence-corrected chi connectivity index (χ4v) is 3.61. The number of methoxy groups -OCH3 is 1. The van der Waals surface area contributed by atoms with E-state index in [1.54, 1.807) is 25.1 Å². The van der Waals surface area contributed by atoms with Gasteiger partial charge in [-0.25, -0.2) is 13.1 Å². The van der Waals surface area contributed by atoms with Gasteiger partial charge in [0.2, 0.25) is 10.0 Å². The van der Waals surface area contributed by atoms with Crippen molar-refractivity contribution in [1.82, 2.24) is 4.72 Å². The van der Waals surface area contributed by atoms with Crippen molar-refractivity contribution in [2.45, 2.75) is 24.3 Å². The standard InChI is InChI=1S/C18H20ClNO4S/c1-13(21)14-7-9-17(10-8-14)25(22,23)20-12-18(2,24-3)15-5-4-6-16(19)11-15/h4-11,20H,12H2,1-3H3. The van der Waals surface area contributed by atoms with Gasteiger partial charge in [-0.2, -0.15) is 0 Å². The smallest absolute Gasteiger partial charge is 0.240 e. The number of carbonyl (C=O) groups excluding carboxylic acids is 1. The van der Waals surface area contributed by atoms with Crippen LogP contribution in [0.5, 0.6) is 0 Å². The second kappa shape index (κ2) is 7.66. The van der Waals surface area contributed by atoms with E-state index >= 15 is 0 Å². The molecule has 7 heteroatoms. The molecule has 0 saturated heterocycles. The van der Waals surface area contributed by atoms with Crippen molar-refractivity contribution in [3.05, 3.63) is 64.7 Å². The van der Waals surface area contributed by atoms with Gasteiger partial charge in [0.25, 0.3) is 0 Å². The first-order chi connectivity index (χ1) is 11.7. The lowest BCUT2D eigenvalue weighted by molar-refractivity contribution is 0.00699. The minimum Gasteiger partial charge on any atom is -0.372 e. The van der Waals surface area contributed by atoms with Crippen molar-refractivity contribution in [2.75, 3.05) is 13.7 Å². The SMILES string of the molecule is COC(C)(CNS(=O)(=O)c1ccc(C(C)=O)cc1)c1cccc(Cl)c1. The molecule has 0 aromatic heterocycles. The molecule has 0 radical (unpaired) electrons. The number of Topliss-reactive ketones (excluding diaryl/α,β-unsaturated/α-hetero) is 1. The highest BCUT2D eigenvalue weighted by Gasteiger charge is 2.29. The molecular weight excluding hydrogens is 362 g/mol. The summed E-state index contributed by atoms with van der Waals surface area (Å²) in [5.41, 5.74) is 0.342. The van der Waals surface area contributed by atoms with E-state index in [9.17, 15) is 13.2 Å². The molecule has 0 spiro atoms. The van der Waals surface area contributed by atoms with Gasteiger partial charge in [-0.15, -0.1) is 0 Å². The summed E-state index contributed by atoms with van der Waals surface area (Å²) < 4.78 is 33.1. The summed E-state index contributed by atoms with van der Waals surface area (Å²) in [5.74, 6) is -0.121. The molecule has 0 amide bonds. The van der Waals surface area contributed by atoms with Crippen LogP contribution in [0.15, 0.2) is 53.4 Å². The Hall–Kier alpha value is -1.73. The van der Waals surface area contributed by atoms with Crippen LogP contribution in [0.3, 0.4) is 0 Å². The fourth-order valence-electron chi connectivity index (χ4n) is 2.29. The normalized spacial score (nSPS) is 14.1. The molecule has 25 heavy (non-hydrogen) atoms. The molecule has 1 N–H and O–H groups in total. The summed E-state index contributed by atoms with van der Waals surface area (Å²) in [6, 6.07) is 12.9. The van der Waals surface area contributed by atoms with Gasteiger partial charge in [0.05, 0.1) is 4.90 Å². The maximum absolute atomic E-state index is 12.5. The molecule has 134 valence electrons. The first kappa shape index (κ1) is 19.6. The predicted octanol–water partition coefficient (Wildman–Crippen LogP) is 3.38. The summed E-state index contributed by atoms with van der Waals surface area (Å²) in [6.45, 7) is 3.23. The topological polar surface area (TPSA) is 72.5 Å². The van der Waals surface area contributed by atoms with Crippen LogP contribution in [0.1, 0.15) is 29.8 Å². The first-order valence-corrected chi connectivity index (χ1v) is 9.46. The second-order valence-corrected chi connectivity index (χ2v) is 8.05. The first-order valence-electron chi connectivity index (χ1n) is 7.60. The van der Waals surface area contributed by atoms with Gasteiger partial charge in [0.15, 0.2) is 5.78 Å². The molecule has 0 aliphatic carbocycles. The summed E-state index contributed by atoms with van der Waals surface area (Å²) in [4.78, 5) is 11.4. The number of carbonyl (C=O) groups is 1. The van der Waals surface area contributed by atoms with Crippen LogP contribution in [0.25, 0.3) is 0 Å². The highest BCUT2D eigenvalue weighted by Crippen LogP contribution is 2.26.